The fourth-order valence-corrected chi connectivity index (χ4v) is 3.49. The fraction of sp³-hybridized carbons (Fsp3) is 0.235. The number of amides is 1. The molecule has 0 aliphatic rings. The molecule has 2 aromatic carbocycles. The van der Waals surface area contributed by atoms with Crippen LogP contribution in [0.3, 0.4) is 0 Å². The van der Waals surface area contributed by atoms with Crippen molar-refractivity contribution in [2.45, 2.75) is 18.7 Å². The van der Waals surface area contributed by atoms with Crippen LogP contribution in [0.15, 0.2) is 59.1 Å². The Bertz CT molecular complexity index is 777. The van der Waals surface area contributed by atoms with E-state index in [-0.39, 0.29) is 24.2 Å². The van der Waals surface area contributed by atoms with Gasteiger partial charge in [-0.25, -0.2) is 13.1 Å². The number of sulfonamides is 1. The molecule has 0 heterocycles. The average Bonchev–Trinajstić information content (AvgIpc) is 2.56. The molecule has 2 aromatic rings. The van der Waals surface area contributed by atoms with Gasteiger partial charge in [0.15, 0.2) is 0 Å². The van der Waals surface area contributed by atoms with Gasteiger partial charge in [0.2, 0.25) is 15.9 Å². The number of carbonyl (C=O) groups excluding carboxylic acids is 1. The van der Waals surface area contributed by atoms with Gasteiger partial charge in [0.25, 0.3) is 0 Å². The number of benzene rings is 2. The van der Waals surface area contributed by atoms with Crippen LogP contribution in [0, 0.1) is 0 Å². The fourth-order valence-electron chi connectivity index (χ4n) is 2.14. The minimum atomic E-state index is -3.57. The summed E-state index contributed by atoms with van der Waals surface area (Å²) in [5.74, 6) is -0.535. The second kappa shape index (κ2) is 8.41. The first-order valence-corrected chi connectivity index (χ1v) is 9.86. The van der Waals surface area contributed by atoms with Crippen LogP contribution in [-0.4, -0.2) is 20.9 Å². The Kier molecular flexibility index (Phi) is 6.53. The zero-order valence-electron chi connectivity index (χ0n) is 13.2. The molecule has 1 atom stereocenters. The summed E-state index contributed by atoms with van der Waals surface area (Å²) < 4.78 is 27.3. The minimum absolute atomic E-state index is 0.165. The highest BCUT2D eigenvalue weighted by molar-refractivity contribution is 9.10. The quantitative estimate of drug-likeness (QED) is 0.736. The molecule has 0 radical (unpaired) electrons. The summed E-state index contributed by atoms with van der Waals surface area (Å²) in [6.07, 6.45) is 0. The molecule has 0 saturated carbocycles. The van der Waals surface area contributed by atoms with E-state index in [2.05, 4.69) is 26.0 Å². The topological polar surface area (TPSA) is 75.3 Å². The number of rotatable bonds is 7. The molecule has 24 heavy (non-hydrogen) atoms. The second-order valence-electron chi connectivity index (χ2n) is 5.41. The predicted molar refractivity (Wildman–Crippen MR) is 97.8 cm³/mol. The second-order valence-corrected chi connectivity index (χ2v) is 8.13. The van der Waals surface area contributed by atoms with Crippen molar-refractivity contribution in [2.75, 3.05) is 6.54 Å². The lowest BCUT2D eigenvalue weighted by atomic mass is 10.1. The molecule has 0 aromatic heterocycles. The molecule has 1 amide bonds. The SMILES string of the molecule is CC(NC(=O)CNS(=O)(=O)Cc1ccc(Br)cc1)c1ccccc1. The van der Waals surface area contributed by atoms with E-state index in [4.69, 9.17) is 0 Å². The van der Waals surface area contributed by atoms with E-state index in [1.807, 2.05) is 37.3 Å². The van der Waals surface area contributed by atoms with Crippen LogP contribution in [0.5, 0.6) is 0 Å². The molecular formula is C17H19BrN2O3S. The van der Waals surface area contributed by atoms with Gasteiger partial charge in [-0.2, -0.15) is 0 Å². The molecule has 0 fully saturated rings. The van der Waals surface area contributed by atoms with Crippen molar-refractivity contribution in [1.82, 2.24) is 10.0 Å². The van der Waals surface area contributed by atoms with E-state index in [0.29, 0.717) is 5.56 Å². The van der Waals surface area contributed by atoms with Gasteiger partial charge in [0.05, 0.1) is 18.3 Å². The average molecular weight is 411 g/mol. The lowest BCUT2D eigenvalue weighted by Gasteiger charge is -2.14. The van der Waals surface area contributed by atoms with Gasteiger partial charge in [-0.15, -0.1) is 0 Å². The first-order valence-electron chi connectivity index (χ1n) is 7.42. The maximum atomic E-state index is 12.0. The van der Waals surface area contributed by atoms with Gasteiger partial charge in [0, 0.05) is 4.47 Å². The normalized spacial score (nSPS) is 12.6. The van der Waals surface area contributed by atoms with Gasteiger partial charge in [0.1, 0.15) is 0 Å². The number of carbonyl (C=O) groups is 1. The molecule has 7 heteroatoms. The summed E-state index contributed by atoms with van der Waals surface area (Å²) in [5, 5.41) is 2.77. The van der Waals surface area contributed by atoms with Crippen LogP contribution in [0.4, 0.5) is 0 Å². The van der Waals surface area contributed by atoms with Crippen LogP contribution in [0.25, 0.3) is 0 Å². The first kappa shape index (κ1) is 18.6. The predicted octanol–water partition coefficient (Wildman–Crippen LogP) is 2.75. The van der Waals surface area contributed by atoms with E-state index < -0.39 is 10.0 Å². The van der Waals surface area contributed by atoms with Crippen molar-refractivity contribution in [1.29, 1.82) is 0 Å². The third-order valence-corrected chi connectivity index (χ3v) is 5.23. The highest BCUT2D eigenvalue weighted by Gasteiger charge is 2.15. The zero-order chi connectivity index (χ0) is 17.6. The molecule has 0 aliphatic heterocycles. The molecule has 0 aliphatic carbocycles. The highest BCUT2D eigenvalue weighted by atomic mass is 79.9. The van der Waals surface area contributed by atoms with Crippen molar-refractivity contribution in [3.8, 4) is 0 Å². The highest BCUT2D eigenvalue weighted by Crippen LogP contribution is 2.13. The number of halogens is 1. The summed E-state index contributed by atoms with van der Waals surface area (Å²) in [5.41, 5.74) is 1.62. The Morgan fingerprint density at radius 2 is 1.71 bits per heavy atom. The van der Waals surface area contributed by atoms with Crippen molar-refractivity contribution in [2.24, 2.45) is 0 Å². The summed E-state index contributed by atoms with van der Waals surface area (Å²) in [6.45, 7) is 1.57. The molecule has 2 rings (SSSR count). The first-order chi connectivity index (χ1) is 11.4. The summed E-state index contributed by atoms with van der Waals surface area (Å²) in [7, 11) is -3.57. The maximum absolute atomic E-state index is 12.0. The van der Waals surface area contributed by atoms with Crippen LogP contribution in [0.1, 0.15) is 24.1 Å². The lowest BCUT2D eigenvalue weighted by Crippen LogP contribution is -2.38. The van der Waals surface area contributed by atoms with Gasteiger partial charge in [-0.05, 0) is 30.2 Å². The molecule has 1 unspecified atom stereocenters. The molecular weight excluding hydrogens is 392 g/mol. The summed E-state index contributed by atoms with van der Waals surface area (Å²) in [6, 6.07) is 16.3. The van der Waals surface area contributed by atoms with Crippen molar-refractivity contribution in [3.63, 3.8) is 0 Å². The van der Waals surface area contributed by atoms with Crippen molar-refractivity contribution in [3.05, 3.63) is 70.2 Å². The van der Waals surface area contributed by atoms with Gasteiger partial charge >= 0.3 is 0 Å². The molecule has 5 nitrogen and oxygen atoms in total. The largest absolute Gasteiger partial charge is 0.348 e. The lowest BCUT2D eigenvalue weighted by molar-refractivity contribution is -0.120. The Hall–Kier alpha value is -1.70. The zero-order valence-corrected chi connectivity index (χ0v) is 15.6. The van der Waals surface area contributed by atoms with E-state index in [1.54, 1.807) is 24.3 Å². The maximum Gasteiger partial charge on any atom is 0.235 e. The number of nitrogens with one attached hydrogen (secondary N) is 2. The monoisotopic (exact) mass is 410 g/mol. The number of hydrogen-bond donors (Lipinski definition) is 2. The van der Waals surface area contributed by atoms with E-state index in [9.17, 15) is 13.2 Å². The van der Waals surface area contributed by atoms with Crippen LogP contribution in [0.2, 0.25) is 0 Å². The third-order valence-electron chi connectivity index (χ3n) is 3.40. The van der Waals surface area contributed by atoms with Crippen molar-refractivity contribution < 1.29 is 13.2 Å². The van der Waals surface area contributed by atoms with Gasteiger partial charge in [-0.3, -0.25) is 4.79 Å². The molecule has 0 spiro atoms. The molecule has 0 saturated heterocycles. The summed E-state index contributed by atoms with van der Waals surface area (Å²) >= 11 is 3.30. The van der Waals surface area contributed by atoms with Gasteiger partial charge in [-0.1, -0.05) is 58.4 Å². The minimum Gasteiger partial charge on any atom is -0.348 e. The Morgan fingerprint density at radius 1 is 1.08 bits per heavy atom. The van der Waals surface area contributed by atoms with Crippen LogP contribution in [-0.2, 0) is 20.6 Å². The smallest absolute Gasteiger partial charge is 0.235 e. The molecule has 128 valence electrons. The standard InChI is InChI=1S/C17H19BrN2O3S/c1-13(15-5-3-2-4-6-15)20-17(21)11-19-24(22,23)12-14-7-9-16(18)10-8-14/h2-10,13,19H,11-12H2,1H3,(H,20,21). The Morgan fingerprint density at radius 3 is 2.33 bits per heavy atom. The van der Waals surface area contributed by atoms with E-state index in [1.165, 1.54) is 0 Å². The Labute approximate surface area is 150 Å². The van der Waals surface area contributed by atoms with Crippen molar-refractivity contribution >= 4 is 31.9 Å². The Balaban J connectivity index is 1.85. The van der Waals surface area contributed by atoms with Crippen LogP contribution >= 0.6 is 15.9 Å². The van der Waals surface area contributed by atoms with E-state index in [0.717, 1.165) is 10.0 Å². The van der Waals surface area contributed by atoms with E-state index >= 15 is 0 Å². The number of hydrogen-bond acceptors (Lipinski definition) is 3. The summed E-state index contributed by atoms with van der Waals surface area (Å²) in [4.78, 5) is 11.9. The van der Waals surface area contributed by atoms with Crippen LogP contribution < -0.4 is 10.0 Å². The molecule has 2 N–H and O–H groups in total. The third kappa shape index (κ3) is 6.07. The van der Waals surface area contributed by atoms with Gasteiger partial charge < -0.3 is 5.32 Å². The molecule has 0 bridgehead atoms.